The highest BCUT2D eigenvalue weighted by Crippen LogP contribution is 2.25. The molecule has 0 radical (unpaired) electrons. The van der Waals surface area contributed by atoms with Crippen LogP contribution in [0.25, 0.3) is 0 Å². The Morgan fingerprint density at radius 2 is 1.95 bits per heavy atom. The third-order valence-electron chi connectivity index (χ3n) is 4.85. The van der Waals surface area contributed by atoms with E-state index in [1.54, 1.807) is 7.11 Å². The van der Waals surface area contributed by atoms with E-state index in [-0.39, 0.29) is 5.92 Å². The molecule has 0 saturated carbocycles. The van der Waals surface area contributed by atoms with Crippen LogP contribution in [0.3, 0.4) is 0 Å². The summed E-state index contributed by atoms with van der Waals surface area (Å²) in [5.41, 5.74) is 1.33. The number of carbonyl (C=O) groups excluding carboxylic acids is 1. The predicted molar refractivity (Wildman–Crippen MR) is 84.9 cm³/mol. The van der Waals surface area contributed by atoms with Gasteiger partial charge in [-0.3, -0.25) is 4.79 Å². The fraction of sp³-hybridized carbons (Fsp3) is 0.611. The van der Waals surface area contributed by atoms with Crippen molar-refractivity contribution in [3.05, 3.63) is 29.8 Å². The first kappa shape index (κ1) is 15.3. The average molecular weight is 303 g/mol. The summed E-state index contributed by atoms with van der Waals surface area (Å²) >= 11 is 0. The van der Waals surface area contributed by atoms with Crippen LogP contribution in [-0.4, -0.2) is 44.2 Å². The number of benzene rings is 1. The summed E-state index contributed by atoms with van der Waals surface area (Å²) in [4.78, 5) is 14.6. The van der Waals surface area contributed by atoms with Gasteiger partial charge in [-0.05, 0) is 49.3 Å². The molecule has 0 bridgehead atoms. The van der Waals surface area contributed by atoms with Crippen molar-refractivity contribution in [3.63, 3.8) is 0 Å². The zero-order valence-electron chi connectivity index (χ0n) is 13.3. The maximum Gasteiger partial charge on any atom is 0.225 e. The van der Waals surface area contributed by atoms with E-state index in [0.29, 0.717) is 11.8 Å². The van der Waals surface area contributed by atoms with E-state index in [2.05, 4.69) is 17.0 Å². The van der Waals surface area contributed by atoms with Gasteiger partial charge in [-0.15, -0.1) is 0 Å². The van der Waals surface area contributed by atoms with Gasteiger partial charge in [0.1, 0.15) is 5.75 Å². The lowest BCUT2D eigenvalue weighted by Crippen LogP contribution is -2.37. The summed E-state index contributed by atoms with van der Waals surface area (Å²) in [6.45, 7) is 3.29. The van der Waals surface area contributed by atoms with Gasteiger partial charge in [-0.25, -0.2) is 0 Å². The van der Waals surface area contributed by atoms with Crippen LogP contribution in [0, 0.1) is 11.8 Å². The van der Waals surface area contributed by atoms with Gasteiger partial charge in [0.25, 0.3) is 0 Å². The average Bonchev–Trinajstić information content (AvgIpc) is 3.04. The summed E-state index contributed by atoms with van der Waals surface area (Å²) in [6.07, 6.45) is 3.93. The number of methoxy groups -OCH3 is 1. The summed E-state index contributed by atoms with van der Waals surface area (Å²) < 4.78 is 10.5. The minimum absolute atomic E-state index is 0.188. The normalized spacial score (nSPS) is 22.8. The van der Waals surface area contributed by atoms with Crippen molar-refractivity contribution in [3.8, 4) is 5.75 Å². The van der Waals surface area contributed by atoms with Crippen molar-refractivity contribution in [1.82, 2.24) is 4.90 Å². The van der Waals surface area contributed by atoms with Crippen molar-refractivity contribution in [2.24, 2.45) is 11.8 Å². The van der Waals surface area contributed by atoms with Gasteiger partial charge >= 0.3 is 0 Å². The lowest BCUT2D eigenvalue weighted by Gasteiger charge is -2.26. The van der Waals surface area contributed by atoms with Crippen molar-refractivity contribution < 1.29 is 14.3 Å². The quantitative estimate of drug-likeness (QED) is 0.858. The number of amides is 1. The fourth-order valence-electron chi connectivity index (χ4n) is 3.50. The SMILES string of the molecule is COc1ccc(CC2CCN(C(=O)C3CCOCC3)C2)cc1. The Bertz CT molecular complexity index is 494. The topological polar surface area (TPSA) is 38.8 Å². The van der Waals surface area contributed by atoms with E-state index in [9.17, 15) is 4.79 Å². The van der Waals surface area contributed by atoms with Crippen LogP contribution in [0.4, 0.5) is 0 Å². The molecule has 0 aliphatic carbocycles. The second-order valence-corrected chi connectivity index (χ2v) is 6.38. The Hall–Kier alpha value is -1.55. The summed E-state index contributed by atoms with van der Waals surface area (Å²) in [6, 6.07) is 8.27. The van der Waals surface area contributed by atoms with Crippen molar-refractivity contribution in [2.75, 3.05) is 33.4 Å². The van der Waals surface area contributed by atoms with E-state index in [0.717, 1.165) is 57.7 Å². The third kappa shape index (κ3) is 3.61. The Labute approximate surface area is 132 Å². The molecule has 0 spiro atoms. The molecule has 2 aliphatic heterocycles. The first-order valence-electron chi connectivity index (χ1n) is 8.25. The van der Waals surface area contributed by atoms with E-state index in [1.165, 1.54) is 5.56 Å². The van der Waals surface area contributed by atoms with Crippen LogP contribution in [0.1, 0.15) is 24.8 Å². The van der Waals surface area contributed by atoms with E-state index in [1.807, 2.05) is 12.1 Å². The maximum atomic E-state index is 12.5. The molecule has 4 nitrogen and oxygen atoms in total. The van der Waals surface area contributed by atoms with Gasteiger partial charge < -0.3 is 14.4 Å². The van der Waals surface area contributed by atoms with Gasteiger partial charge in [-0.1, -0.05) is 12.1 Å². The first-order valence-corrected chi connectivity index (χ1v) is 8.25. The van der Waals surface area contributed by atoms with Crippen molar-refractivity contribution >= 4 is 5.91 Å². The Morgan fingerprint density at radius 1 is 1.23 bits per heavy atom. The van der Waals surface area contributed by atoms with Gasteiger partial charge in [0, 0.05) is 32.2 Å². The van der Waals surface area contributed by atoms with Crippen LogP contribution >= 0.6 is 0 Å². The Kier molecular flexibility index (Phi) is 4.98. The molecule has 3 rings (SSSR count). The van der Waals surface area contributed by atoms with E-state index < -0.39 is 0 Å². The van der Waals surface area contributed by atoms with Crippen LogP contribution in [0.5, 0.6) is 5.75 Å². The molecular weight excluding hydrogens is 278 g/mol. The number of nitrogens with zero attached hydrogens (tertiary/aromatic N) is 1. The lowest BCUT2D eigenvalue weighted by molar-refractivity contribution is -0.137. The number of rotatable bonds is 4. The molecule has 4 heteroatoms. The molecule has 22 heavy (non-hydrogen) atoms. The van der Waals surface area contributed by atoms with Crippen molar-refractivity contribution in [1.29, 1.82) is 0 Å². The molecule has 2 aliphatic rings. The second-order valence-electron chi connectivity index (χ2n) is 6.38. The molecule has 2 saturated heterocycles. The zero-order valence-corrected chi connectivity index (χ0v) is 13.3. The Balaban J connectivity index is 1.51. The van der Waals surface area contributed by atoms with Crippen LogP contribution in [0.2, 0.25) is 0 Å². The van der Waals surface area contributed by atoms with Gasteiger partial charge in [0.15, 0.2) is 0 Å². The zero-order chi connectivity index (χ0) is 15.4. The number of carbonyl (C=O) groups is 1. The summed E-state index contributed by atoms with van der Waals surface area (Å²) in [5.74, 6) is 2.01. The van der Waals surface area contributed by atoms with Crippen LogP contribution in [-0.2, 0) is 16.0 Å². The lowest BCUT2D eigenvalue weighted by atomic mass is 9.98. The van der Waals surface area contributed by atoms with Crippen LogP contribution < -0.4 is 4.74 Å². The minimum Gasteiger partial charge on any atom is -0.497 e. The summed E-state index contributed by atoms with van der Waals surface area (Å²) in [7, 11) is 1.69. The largest absolute Gasteiger partial charge is 0.497 e. The molecule has 1 atom stereocenters. The summed E-state index contributed by atoms with van der Waals surface area (Å²) in [5, 5.41) is 0. The second kappa shape index (κ2) is 7.14. The highest BCUT2D eigenvalue weighted by molar-refractivity contribution is 5.79. The number of hydrogen-bond donors (Lipinski definition) is 0. The number of ether oxygens (including phenoxy) is 2. The van der Waals surface area contributed by atoms with Crippen LogP contribution in [0.15, 0.2) is 24.3 Å². The molecular formula is C18H25NO3. The van der Waals surface area contributed by atoms with Gasteiger partial charge in [-0.2, -0.15) is 0 Å². The molecule has 2 heterocycles. The number of hydrogen-bond acceptors (Lipinski definition) is 3. The standard InChI is InChI=1S/C18H25NO3/c1-21-17-4-2-14(3-5-17)12-15-6-9-19(13-15)18(20)16-7-10-22-11-8-16/h2-5,15-16H,6-13H2,1H3. The molecule has 1 amide bonds. The predicted octanol–water partition coefficient (Wildman–Crippen LogP) is 2.51. The fourth-order valence-corrected chi connectivity index (χ4v) is 3.50. The highest BCUT2D eigenvalue weighted by atomic mass is 16.5. The molecule has 120 valence electrons. The molecule has 1 aromatic carbocycles. The Morgan fingerprint density at radius 3 is 2.64 bits per heavy atom. The van der Waals surface area contributed by atoms with E-state index in [4.69, 9.17) is 9.47 Å². The smallest absolute Gasteiger partial charge is 0.225 e. The molecule has 2 fully saturated rings. The van der Waals surface area contributed by atoms with Gasteiger partial charge in [0.05, 0.1) is 7.11 Å². The molecule has 0 N–H and O–H groups in total. The number of likely N-dealkylation sites (tertiary alicyclic amines) is 1. The molecule has 1 unspecified atom stereocenters. The molecule has 0 aromatic heterocycles. The third-order valence-corrected chi connectivity index (χ3v) is 4.85. The molecule has 1 aromatic rings. The monoisotopic (exact) mass is 303 g/mol. The minimum atomic E-state index is 0.188. The maximum absolute atomic E-state index is 12.5. The first-order chi connectivity index (χ1) is 10.8. The highest BCUT2D eigenvalue weighted by Gasteiger charge is 2.31. The van der Waals surface area contributed by atoms with Gasteiger partial charge in [0.2, 0.25) is 5.91 Å². The van der Waals surface area contributed by atoms with Crippen molar-refractivity contribution in [2.45, 2.75) is 25.7 Å². The van der Waals surface area contributed by atoms with E-state index >= 15 is 0 Å².